The van der Waals surface area contributed by atoms with E-state index in [0.29, 0.717) is 11.8 Å². The number of nitrogens with zero attached hydrogens (tertiary/aromatic N) is 3. The molecule has 1 aromatic heterocycles. The summed E-state index contributed by atoms with van der Waals surface area (Å²) in [4.78, 5) is 0. The Labute approximate surface area is 98.5 Å². The Balaban J connectivity index is 3.02. The number of nitrogens with two attached hydrogens (primary N) is 1. The highest BCUT2D eigenvalue weighted by molar-refractivity contribution is 9.10. The summed E-state index contributed by atoms with van der Waals surface area (Å²) < 4.78 is 2.49. The molecular weight excluding hydrogens is 258 g/mol. The zero-order valence-corrected chi connectivity index (χ0v) is 11.1. The van der Waals surface area contributed by atoms with Crippen molar-refractivity contribution in [1.29, 1.82) is 0 Å². The molecule has 6 heteroatoms. The zero-order valence-electron chi connectivity index (χ0n) is 9.53. The lowest BCUT2D eigenvalue weighted by Crippen LogP contribution is -2.36. The lowest BCUT2D eigenvalue weighted by atomic mass is 9.89. The maximum Gasteiger partial charge on any atom is 0.153 e. The van der Waals surface area contributed by atoms with Gasteiger partial charge in [0.2, 0.25) is 0 Å². The number of hydrogen-bond acceptors (Lipinski definition) is 4. The minimum Gasteiger partial charge on any atom is -0.271 e. The van der Waals surface area contributed by atoms with Gasteiger partial charge in [-0.05, 0) is 27.8 Å². The van der Waals surface area contributed by atoms with Gasteiger partial charge in [0, 0.05) is 7.05 Å². The van der Waals surface area contributed by atoms with Crippen molar-refractivity contribution in [2.75, 3.05) is 0 Å². The minimum absolute atomic E-state index is 0.0550. The molecule has 0 amide bonds. The Morgan fingerprint density at radius 1 is 1.40 bits per heavy atom. The topological polar surface area (TPSA) is 68.8 Å². The molecule has 86 valence electrons. The van der Waals surface area contributed by atoms with E-state index in [1.165, 1.54) is 0 Å². The van der Waals surface area contributed by atoms with Gasteiger partial charge in [0.25, 0.3) is 0 Å². The molecule has 0 fully saturated rings. The van der Waals surface area contributed by atoms with Gasteiger partial charge in [-0.2, -0.15) is 0 Å². The van der Waals surface area contributed by atoms with E-state index in [0.717, 1.165) is 10.3 Å². The fraction of sp³-hybridized carbons (Fsp3) is 0.778. The van der Waals surface area contributed by atoms with Crippen LogP contribution in [0.1, 0.15) is 32.5 Å². The van der Waals surface area contributed by atoms with Gasteiger partial charge in [-0.3, -0.25) is 11.3 Å². The third-order valence-corrected chi connectivity index (χ3v) is 3.44. The Kier molecular flexibility index (Phi) is 4.24. The predicted octanol–water partition coefficient (Wildman–Crippen LogP) is 1.37. The molecule has 0 radical (unpaired) electrons. The van der Waals surface area contributed by atoms with Crippen LogP contribution in [-0.2, 0) is 7.05 Å². The Morgan fingerprint density at radius 2 is 2.00 bits per heavy atom. The Bertz CT molecular complexity index is 303. The number of hydrazine groups is 1. The Hall–Kier alpha value is -0.460. The molecule has 1 rings (SSSR count). The molecule has 1 heterocycles. The molecule has 15 heavy (non-hydrogen) atoms. The summed E-state index contributed by atoms with van der Waals surface area (Å²) in [6, 6.07) is 0.0550. The van der Waals surface area contributed by atoms with Crippen LogP contribution >= 0.6 is 15.9 Å². The van der Waals surface area contributed by atoms with E-state index in [2.05, 4.69) is 52.4 Å². The summed E-state index contributed by atoms with van der Waals surface area (Å²) in [6.07, 6.45) is 0. The third kappa shape index (κ3) is 2.56. The molecule has 0 bridgehead atoms. The van der Waals surface area contributed by atoms with Crippen molar-refractivity contribution in [2.45, 2.75) is 26.8 Å². The van der Waals surface area contributed by atoms with E-state index in [1.807, 2.05) is 7.05 Å². The van der Waals surface area contributed by atoms with E-state index < -0.39 is 0 Å². The van der Waals surface area contributed by atoms with Crippen LogP contribution < -0.4 is 11.3 Å². The first kappa shape index (κ1) is 12.6. The molecule has 0 spiro atoms. The molecule has 0 saturated carbocycles. The van der Waals surface area contributed by atoms with Gasteiger partial charge >= 0.3 is 0 Å². The van der Waals surface area contributed by atoms with Crippen molar-refractivity contribution in [2.24, 2.45) is 24.7 Å². The van der Waals surface area contributed by atoms with Crippen molar-refractivity contribution in [3.63, 3.8) is 0 Å². The van der Waals surface area contributed by atoms with Crippen LogP contribution in [0.2, 0.25) is 0 Å². The highest BCUT2D eigenvalue weighted by Gasteiger charge is 2.26. The second kappa shape index (κ2) is 5.05. The molecule has 0 aliphatic heterocycles. The number of aromatic nitrogens is 3. The first-order valence-corrected chi connectivity index (χ1v) is 5.79. The molecule has 1 aromatic rings. The number of nitrogens with one attached hydrogen (secondary N) is 1. The third-order valence-electron chi connectivity index (χ3n) is 2.88. The molecule has 0 aliphatic rings. The van der Waals surface area contributed by atoms with Crippen LogP contribution in [0.4, 0.5) is 0 Å². The lowest BCUT2D eigenvalue weighted by Gasteiger charge is -2.26. The largest absolute Gasteiger partial charge is 0.271 e. The van der Waals surface area contributed by atoms with E-state index in [1.54, 1.807) is 4.68 Å². The van der Waals surface area contributed by atoms with E-state index >= 15 is 0 Å². The average Bonchev–Trinajstić information content (AvgIpc) is 2.50. The summed E-state index contributed by atoms with van der Waals surface area (Å²) in [5.41, 5.74) is 3.82. The molecule has 0 aliphatic carbocycles. The second-order valence-corrected chi connectivity index (χ2v) is 4.89. The summed E-state index contributed by atoms with van der Waals surface area (Å²) in [5, 5.41) is 7.91. The lowest BCUT2D eigenvalue weighted by molar-refractivity contribution is 0.294. The first-order chi connectivity index (χ1) is 6.99. The normalized spacial score (nSPS) is 15.7. The van der Waals surface area contributed by atoms with Crippen LogP contribution in [0.5, 0.6) is 0 Å². The molecule has 3 N–H and O–H groups in total. The van der Waals surface area contributed by atoms with Gasteiger partial charge in [-0.1, -0.05) is 26.0 Å². The quantitative estimate of drug-likeness (QED) is 0.644. The van der Waals surface area contributed by atoms with Gasteiger partial charge in [0.15, 0.2) is 4.60 Å². The smallest absolute Gasteiger partial charge is 0.153 e. The molecule has 0 aromatic carbocycles. The highest BCUT2D eigenvalue weighted by atomic mass is 79.9. The number of rotatable bonds is 4. The molecular formula is C9H18BrN5. The SMILES string of the molecule is CC(C)C(C)C(NN)c1c(Br)nnn1C. The molecule has 0 saturated heterocycles. The summed E-state index contributed by atoms with van der Waals surface area (Å²) in [6.45, 7) is 6.51. The van der Waals surface area contributed by atoms with Crippen molar-refractivity contribution in [3.8, 4) is 0 Å². The van der Waals surface area contributed by atoms with Crippen molar-refractivity contribution >= 4 is 15.9 Å². The van der Waals surface area contributed by atoms with Crippen LogP contribution in [0.15, 0.2) is 4.60 Å². The molecule has 2 unspecified atom stereocenters. The fourth-order valence-electron chi connectivity index (χ4n) is 1.53. The molecule has 5 nitrogen and oxygen atoms in total. The predicted molar refractivity (Wildman–Crippen MR) is 62.8 cm³/mol. The molecule has 2 atom stereocenters. The summed E-state index contributed by atoms with van der Waals surface area (Å²) in [7, 11) is 1.87. The van der Waals surface area contributed by atoms with Gasteiger partial charge < -0.3 is 0 Å². The van der Waals surface area contributed by atoms with Crippen LogP contribution in [0.25, 0.3) is 0 Å². The van der Waals surface area contributed by atoms with Crippen molar-refractivity contribution < 1.29 is 0 Å². The monoisotopic (exact) mass is 275 g/mol. The first-order valence-electron chi connectivity index (χ1n) is 5.00. The maximum atomic E-state index is 5.60. The van der Waals surface area contributed by atoms with E-state index in [-0.39, 0.29) is 6.04 Å². The van der Waals surface area contributed by atoms with E-state index in [4.69, 9.17) is 5.84 Å². The average molecular weight is 276 g/mol. The second-order valence-electron chi connectivity index (χ2n) is 4.14. The van der Waals surface area contributed by atoms with Crippen LogP contribution in [0.3, 0.4) is 0 Å². The van der Waals surface area contributed by atoms with Gasteiger partial charge in [0.1, 0.15) is 0 Å². The van der Waals surface area contributed by atoms with Gasteiger partial charge in [0.05, 0.1) is 11.7 Å². The van der Waals surface area contributed by atoms with Crippen molar-refractivity contribution in [1.82, 2.24) is 20.4 Å². The number of hydrogen-bond donors (Lipinski definition) is 2. The standard InChI is InChI=1S/C9H18BrN5/c1-5(2)6(3)7(12-11)8-9(10)13-14-15(8)4/h5-7,12H,11H2,1-4H3. The minimum atomic E-state index is 0.0550. The van der Waals surface area contributed by atoms with Crippen LogP contribution in [-0.4, -0.2) is 15.0 Å². The fourth-order valence-corrected chi connectivity index (χ4v) is 2.11. The van der Waals surface area contributed by atoms with Gasteiger partial charge in [-0.15, -0.1) is 5.10 Å². The highest BCUT2D eigenvalue weighted by Crippen LogP contribution is 2.30. The number of halogens is 1. The Morgan fingerprint density at radius 3 is 2.33 bits per heavy atom. The summed E-state index contributed by atoms with van der Waals surface area (Å²) in [5.74, 6) is 6.54. The van der Waals surface area contributed by atoms with Crippen LogP contribution in [0, 0.1) is 11.8 Å². The van der Waals surface area contributed by atoms with Gasteiger partial charge in [-0.25, -0.2) is 4.68 Å². The zero-order chi connectivity index (χ0) is 11.6. The maximum absolute atomic E-state index is 5.60. The van der Waals surface area contributed by atoms with Crippen molar-refractivity contribution in [3.05, 3.63) is 10.3 Å². The van der Waals surface area contributed by atoms with E-state index in [9.17, 15) is 0 Å². The number of aryl methyl sites for hydroxylation is 1. The summed E-state index contributed by atoms with van der Waals surface area (Å²) >= 11 is 3.39.